The molecule has 5 unspecified atom stereocenters. The molecule has 2 rings (SSSR count). The second kappa shape index (κ2) is 14.7. The van der Waals surface area contributed by atoms with Crippen LogP contribution in [0.2, 0.25) is 0 Å². The summed E-state index contributed by atoms with van der Waals surface area (Å²) in [5.74, 6) is 8.53. The topological polar surface area (TPSA) is 102 Å². The molecule has 0 aliphatic carbocycles. The molecule has 37 heavy (non-hydrogen) atoms. The van der Waals surface area contributed by atoms with Crippen molar-refractivity contribution in [3.8, 4) is 36.0 Å². The molecule has 1 saturated heterocycles. The summed E-state index contributed by atoms with van der Waals surface area (Å²) in [5, 5.41) is 9.53. The van der Waals surface area contributed by atoms with Gasteiger partial charge in [-0.15, -0.1) is 6.42 Å². The second-order valence-corrected chi connectivity index (χ2v) is 9.51. The maximum Gasteiger partial charge on any atom is 0.311 e. The predicted molar refractivity (Wildman–Crippen MR) is 138 cm³/mol. The first-order valence-electron chi connectivity index (χ1n) is 12.4. The highest BCUT2D eigenvalue weighted by atomic mass is 16.6. The third kappa shape index (κ3) is 10.0. The van der Waals surface area contributed by atoms with E-state index in [-0.39, 0.29) is 38.1 Å². The zero-order chi connectivity index (χ0) is 27.3. The number of carboxylic acid groups (broad SMARTS) is 1. The van der Waals surface area contributed by atoms with Crippen LogP contribution in [0.4, 0.5) is 0 Å². The van der Waals surface area contributed by atoms with E-state index in [2.05, 4.69) is 29.6 Å². The Morgan fingerprint density at radius 1 is 1.16 bits per heavy atom. The lowest BCUT2D eigenvalue weighted by molar-refractivity contribution is -0.161. The minimum absolute atomic E-state index is 0.0140. The van der Waals surface area contributed by atoms with E-state index < -0.39 is 35.2 Å². The summed E-state index contributed by atoms with van der Waals surface area (Å²) in [6.45, 7) is 5.67. The van der Waals surface area contributed by atoms with Crippen LogP contribution < -0.4 is 0 Å². The number of benzene rings is 1. The van der Waals surface area contributed by atoms with Gasteiger partial charge in [-0.2, -0.15) is 0 Å². The van der Waals surface area contributed by atoms with Crippen LogP contribution in [0.15, 0.2) is 30.3 Å². The number of carbonyl (C=O) groups is 3. The molecule has 0 spiro atoms. The summed E-state index contributed by atoms with van der Waals surface area (Å²) in [7, 11) is 0. The first-order chi connectivity index (χ1) is 17.7. The first-order valence-corrected chi connectivity index (χ1v) is 12.4. The van der Waals surface area contributed by atoms with Crippen molar-refractivity contribution in [3.05, 3.63) is 35.9 Å². The number of carbonyl (C=O) groups excluding carboxylic acids is 2. The van der Waals surface area contributed by atoms with Crippen molar-refractivity contribution < 1.29 is 33.7 Å². The Labute approximate surface area is 219 Å². The van der Waals surface area contributed by atoms with E-state index in [1.54, 1.807) is 6.92 Å². The number of ether oxygens (including phenoxy) is 3. The molecule has 1 N–H and O–H groups in total. The van der Waals surface area contributed by atoms with Crippen molar-refractivity contribution in [2.24, 2.45) is 17.3 Å². The molecule has 1 aromatic carbocycles. The van der Waals surface area contributed by atoms with Gasteiger partial charge in [-0.05, 0) is 73.7 Å². The highest BCUT2D eigenvalue weighted by Gasteiger charge is 2.43. The van der Waals surface area contributed by atoms with Gasteiger partial charge in [0.25, 0.3) is 0 Å². The number of hydrogen-bond acceptors (Lipinski definition) is 6. The van der Waals surface area contributed by atoms with Gasteiger partial charge in [-0.1, -0.05) is 44.2 Å². The number of terminal acetylenes is 1. The quantitative estimate of drug-likeness (QED) is 0.232. The smallest absolute Gasteiger partial charge is 0.311 e. The molecule has 0 amide bonds. The Balaban J connectivity index is 2.30. The first kappa shape index (κ1) is 29.5. The van der Waals surface area contributed by atoms with Gasteiger partial charge in [0.1, 0.15) is 12.7 Å². The molecule has 0 radical (unpaired) electrons. The molecule has 5 atom stereocenters. The maximum atomic E-state index is 13.3. The van der Waals surface area contributed by atoms with E-state index in [0.29, 0.717) is 13.0 Å². The molecule has 196 valence electrons. The van der Waals surface area contributed by atoms with Crippen LogP contribution in [0.25, 0.3) is 0 Å². The Hall–Kier alpha value is -3.73. The Morgan fingerprint density at radius 2 is 1.86 bits per heavy atom. The Bertz CT molecular complexity index is 1090. The van der Waals surface area contributed by atoms with E-state index in [0.717, 1.165) is 12.0 Å². The molecular weight excluding hydrogens is 472 g/mol. The van der Waals surface area contributed by atoms with Gasteiger partial charge in [0, 0.05) is 0 Å². The third-order valence-electron chi connectivity index (χ3n) is 6.41. The van der Waals surface area contributed by atoms with Crippen molar-refractivity contribution in [3.63, 3.8) is 0 Å². The molecule has 0 aromatic heterocycles. The number of esters is 2. The average Bonchev–Trinajstić information content (AvgIpc) is 3.72. The van der Waals surface area contributed by atoms with Gasteiger partial charge >= 0.3 is 17.9 Å². The van der Waals surface area contributed by atoms with Crippen LogP contribution >= 0.6 is 0 Å². The van der Waals surface area contributed by atoms with E-state index in [1.165, 1.54) is 6.92 Å². The van der Waals surface area contributed by atoms with Crippen LogP contribution in [0.1, 0.15) is 57.9 Å². The lowest BCUT2D eigenvalue weighted by Gasteiger charge is -2.33. The molecular formula is C30H34O7. The van der Waals surface area contributed by atoms with Gasteiger partial charge < -0.3 is 19.3 Å². The van der Waals surface area contributed by atoms with Crippen molar-refractivity contribution >= 4 is 17.9 Å². The minimum atomic E-state index is -1.23. The second-order valence-electron chi connectivity index (χ2n) is 9.51. The molecule has 0 saturated carbocycles. The van der Waals surface area contributed by atoms with Crippen LogP contribution in [0.5, 0.6) is 0 Å². The zero-order valence-electron chi connectivity index (χ0n) is 21.6. The number of carboxylic acids is 1. The van der Waals surface area contributed by atoms with E-state index in [1.807, 2.05) is 37.3 Å². The SMILES string of the molecule is C#CC#CC#CCOC(=O)C(CC(CC)c1ccccc1)CC(C)(CC(C)C(=O)O)C(=O)OCC1CO1. The summed E-state index contributed by atoms with van der Waals surface area (Å²) in [6, 6.07) is 9.81. The van der Waals surface area contributed by atoms with Gasteiger partial charge in [-0.3, -0.25) is 14.4 Å². The van der Waals surface area contributed by atoms with Crippen LogP contribution in [-0.2, 0) is 28.6 Å². The fraction of sp³-hybridized carbons (Fsp3) is 0.500. The van der Waals surface area contributed by atoms with Gasteiger partial charge in [0.2, 0.25) is 0 Å². The molecule has 7 nitrogen and oxygen atoms in total. The summed E-state index contributed by atoms with van der Waals surface area (Å²) in [6.07, 6.45) is 6.19. The number of rotatable bonds is 14. The lowest BCUT2D eigenvalue weighted by atomic mass is 9.72. The summed E-state index contributed by atoms with van der Waals surface area (Å²) < 4.78 is 16.0. The van der Waals surface area contributed by atoms with Crippen molar-refractivity contribution in [1.82, 2.24) is 0 Å². The van der Waals surface area contributed by atoms with E-state index >= 15 is 0 Å². The minimum Gasteiger partial charge on any atom is -0.481 e. The monoisotopic (exact) mass is 506 g/mol. The Kier molecular flexibility index (Phi) is 11.8. The largest absolute Gasteiger partial charge is 0.481 e. The predicted octanol–water partition coefficient (Wildman–Crippen LogP) is 3.82. The zero-order valence-corrected chi connectivity index (χ0v) is 21.6. The molecule has 1 heterocycles. The van der Waals surface area contributed by atoms with Gasteiger partial charge in [0.05, 0.1) is 23.9 Å². The third-order valence-corrected chi connectivity index (χ3v) is 6.41. The molecule has 1 aliphatic heterocycles. The van der Waals surface area contributed by atoms with E-state index in [4.69, 9.17) is 20.6 Å². The fourth-order valence-electron chi connectivity index (χ4n) is 4.31. The summed E-state index contributed by atoms with van der Waals surface area (Å²) in [4.78, 5) is 38.1. The molecule has 1 aliphatic rings. The molecule has 0 bridgehead atoms. The fourth-order valence-corrected chi connectivity index (χ4v) is 4.31. The van der Waals surface area contributed by atoms with Crippen LogP contribution in [-0.4, -0.2) is 48.9 Å². The average molecular weight is 507 g/mol. The van der Waals surface area contributed by atoms with Gasteiger partial charge in [0.15, 0.2) is 6.61 Å². The Morgan fingerprint density at radius 3 is 2.46 bits per heavy atom. The van der Waals surface area contributed by atoms with Crippen molar-refractivity contribution in [2.45, 2.75) is 58.5 Å². The number of hydrogen-bond donors (Lipinski definition) is 1. The molecule has 1 aromatic rings. The molecule has 1 fully saturated rings. The summed E-state index contributed by atoms with van der Waals surface area (Å²) >= 11 is 0. The summed E-state index contributed by atoms with van der Waals surface area (Å²) in [5.41, 5.74) is -0.156. The van der Waals surface area contributed by atoms with Crippen molar-refractivity contribution in [2.75, 3.05) is 19.8 Å². The standard InChI is InChI=1S/C30H34O7/c1-5-7-8-9-13-16-35-28(33)25(17-23(6-2)24-14-11-10-12-15-24)19-30(4,18-22(3)27(31)32)29(34)37-21-26-20-36-26/h1,10-12,14-15,22-23,25-26H,6,16-21H2,2-4H3,(H,31,32). The number of aliphatic carboxylic acids is 1. The lowest BCUT2D eigenvalue weighted by Crippen LogP contribution is -2.38. The maximum absolute atomic E-state index is 13.3. The molecule has 7 heteroatoms. The van der Waals surface area contributed by atoms with Crippen molar-refractivity contribution in [1.29, 1.82) is 0 Å². The normalized spacial score (nSPS) is 17.6. The highest BCUT2D eigenvalue weighted by molar-refractivity contribution is 5.80. The van der Waals surface area contributed by atoms with Crippen LogP contribution in [0, 0.1) is 53.3 Å². The highest BCUT2D eigenvalue weighted by Crippen LogP contribution is 2.39. The van der Waals surface area contributed by atoms with E-state index in [9.17, 15) is 19.5 Å². The van der Waals surface area contributed by atoms with Gasteiger partial charge in [-0.25, -0.2) is 0 Å². The number of epoxide rings is 1. The van der Waals surface area contributed by atoms with Crippen LogP contribution in [0.3, 0.4) is 0 Å².